The van der Waals surface area contributed by atoms with E-state index in [0.29, 0.717) is 19.4 Å². The topological polar surface area (TPSA) is 49.9 Å². The summed E-state index contributed by atoms with van der Waals surface area (Å²) in [6.45, 7) is 5.11. The third-order valence-electron chi connectivity index (χ3n) is 6.81. The Labute approximate surface area is 181 Å². The molecule has 2 aliphatic heterocycles. The van der Waals surface area contributed by atoms with E-state index in [1.165, 1.54) is 5.56 Å². The van der Waals surface area contributed by atoms with Gasteiger partial charge in [-0.3, -0.25) is 9.59 Å². The second kappa shape index (κ2) is 10.8. The van der Waals surface area contributed by atoms with Crippen LogP contribution in [0.4, 0.5) is 0 Å². The molecule has 1 fully saturated rings. The molecule has 2 amide bonds. The van der Waals surface area contributed by atoms with Gasteiger partial charge in [0.2, 0.25) is 11.8 Å². The summed E-state index contributed by atoms with van der Waals surface area (Å²) >= 11 is 0. The zero-order chi connectivity index (χ0) is 21.4. The Morgan fingerprint density at radius 3 is 2.60 bits per heavy atom. The van der Waals surface area contributed by atoms with Crippen LogP contribution < -0.4 is 4.74 Å². The predicted octanol–water partition coefficient (Wildman–Crippen LogP) is 4.44. The van der Waals surface area contributed by atoms with Crippen LogP contribution >= 0.6 is 0 Å². The zero-order valence-electron chi connectivity index (χ0n) is 18.8. The molecule has 0 bridgehead atoms. The summed E-state index contributed by atoms with van der Waals surface area (Å²) in [6, 6.07) is 8.30. The maximum absolute atomic E-state index is 12.7. The van der Waals surface area contributed by atoms with Gasteiger partial charge in [-0.2, -0.15) is 0 Å². The van der Waals surface area contributed by atoms with E-state index in [1.807, 2.05) is 29.0 Å². The van der Waals surface area contributed by atoms with Crippen LogP contribution in [0.5, 0.6) is 5.75 Å². The van der Waals surface area contributed by atoms with Gasteiger partial charge in [0.05, 0.1) is 6.61 Å². The molecule has 0 aromatic heterocycles. The number of amides is 2. The van der Waals surface area contributed by atoms with Gasteiger partial charge in [-0.1, -0.05) is 31.5 Å². The second-order valence-electron chi connectivity index (χ2n) is 9.15. The van der Waals surface area contributed by atoms with E-state index >= 15 is 0 Å². The summed E-state index contributed by atoms with van der Waals surface area (Å²) in [5, 5.41) is 0. The lowest BCUT2D eigenvalue weighted by molar-refractivity contribution is -0.136. The molecule has 0 atom stereocenters. The Hall–Kier alpha value is -2.04. The molecule has 0 saturated carbocycles. The highest BCUT2D eigenvalue weighted by atomic mass is 16.5. The number of carbonyl (C=O) groups excluding carboxylic acids is 2. The zero-order valence-corrected chi connectivity index (χ0v) is 18.8. The molecule has 0 unspecified atom stereocenters. The van der Waals surface area contributed by atoms with Crippen molar-refractivity contribution < 1.29 is 14.3 Å². The maximum Gasteiger partial charge on any atom is 0.222 e. The van der Waals surface area contributed by atoms with E-state index in [9.17, 15) is 9.59 Å². The van der Waals surface area contributed by atoms with E-state index in [0.717, 1.165) is 76.8 Å². The Balaban J connectivity index is 1.69. The fourth-order valence-electron chi connectivity index (χ4n) is 4.94. The number of ether oxygens (including phenoxy) is 1. The largest absolute Gasteiger partial charge is 0.493 e. The van der Waals surface area contributed by atoms with E-state index in [4.69, 9.17) is 4.74 Å². The number of rotatable bonds is 2. The molecule has 1 aromatic rings. The van der Waals surface area contributed by atoms with Crippen LogP contribution in [0.25, 0.3) is 0 Å². The number of hydrogen-bond acceptors (Lipinski definition) is 3. The summed E-state index contributed by atoms with van der Waals surface area (Å²) in [6.07, 6.45) is 9.22. The second-order valence-corrected chi connectivity index (χ2v) is 9.15. The van der Waals surface area contributed by atoms with Crippen LogP contribution in [0.3, 0.4) is 0 Å². The van der Waals surface area contributed by atoms with Gasteiger partial charge in [-0.25, -0.2) is 0 Å². The van der Waals surface area contributed by atoms with Gasteiger partial charge in [0, 0.05) is 39.5 Å². The number of carbonyl (C=O) groups is 2. The maximum atomic E-state index is 12.7. The third kappa shape index (κ3) is 5.99. The SMILES string of the molecule is CCCC(=O)N1CCC2(CCCCc3ccccc3OCCCC(=O)N(C)C2)CC1. The van der Waals surface area contributed by atoms with Crippen molar-refractivity contribution in [2.24, 2.45) is 5.41 Å². The molecule has 30 heavy (non-hydrogen) atoms. The van der Waals surface area contributed by atoms with Crippen molar-refractivity contribution in [1.82, 2.24) is 9.80 Å². The van der Waals surface area contributed by atoms with Crippen molar-refractivity contribution >= 4 is 11.8 Å². The van der Waals surface area contributed by atoms with Crippen LogP contribution in [0.1, 0.15) is 70.3 Å². The standard InChI is InChI=1S/C25H38N2O3/c1-3-9-24(29)27-17-15-25(16-18-27)14-7-6-11-21-10-4-5-12-22(21)30-19-8-13-23(28)26(2)20-25/h4-5,10,12H,3,6-9,11,13-20H2,1-2H3. The minimum atomic E-state index is 0.132. The molecule has 2 aliphatic rings. The number of benzene rings is 1. The Bertz CT molecular complexity index is 710. The molecule has 0 radical (unpaired) electrons. The predicted molar refractivity (Wildman–Crippen MR) is 120 cm³/mol. The number of nitrogens with zero attached hydrogens (tertiary/aromatic N) is 2. The van der Waals surface area contributed by atoms with Gasteiger partial charge in [0.1, 0.15) is 5.75 Å². The fourth-order valence-corrected chi connectivity index (χ4v) is 4.94. The van der Waals surface area contributed by atoms with Gasteiger partial charge in [0.15, 0.2) is 0 Å². The van der Waals surface area contributed by atoms with Crippen molar-refractivity contribution in [3.8, 4) is 5.75 Å². The Morgan fingerprint density at radius 2 is 1.83 bits per heavy atom. The van der Waals surface area contributed by atoms with Crippen molar-refractivity contribution in [1.29, 1.82) is 0 Å². The van der Waals surface area contributed by atoms with Crippen LogP contribution in [0.15, 0.2) is 24.3 Å². The molecule has 2 heterocycles. The Kier molecular flexibility index (Phi) is 8.17. The van der Waals surface area contributed by atoms with Gasteiger partial charge in [-0.05, 0) is 62.0 Å². The van der Waals surface area contributed by atoms with Crippen molar-refractivity contribution in [3.63, 3.8) is 0 Å². The summed E-state index contributed by atoms with van der Waals surface area (Å²) in [4.78, 5) is 29.0. The molecular formula is C25H38N2O3. The molecule has 1 spiro atoms. The number of hydrogen-bond donors (Lipinski definition) is 0. The van der Waals surface area contributed by atoms with E-state index in [1.54, 1.807) is 0 Å². The molecule has 166 valence electrons. The first kappa shape index (κ1) is 22.6. The number of para-hydroxylation sites is 1. The van der Waals surface area contributed by atoms with Crippen molar-refractivity contribution in [2.45, 2.75) is 71.1 Å². The quantitative estimate of drug-likeness (QED) is 0.719. The minimum absolute atomic E-state index is 0.132. The van der Waals surface area contributed by atoms with Crippen molar-refractivity contribution in [2.75, 3.05) is 33.3 Å². The van der Waals surface area contributed by atoms with Gasteiger partial charge in [-0.15, -0.1) is 0 Å². The first-order chi connectivity index (χ1) is 14.5. The molecule has 1 aromatic carbocycles. The third-order valence-corrected chi connectivity index (χ3v) is 6.81. The highest BCUT2D eigenvalue weighted by Gasteiger charge is 2.37. The first-order valence-corrected chi connectivity index (χ1v) is 11.8. The average Bonchev–Trinajstić information content (AvgIpc) is 2.75. The number of fused-ring (bicyclic) bond motifs is 1. The summed E-state index contributed by atoms with van der Waals surface area (Å²) in [7, 11) is 1.95. The van der Waals surface area contributed by atoms with Crippen LogP contribution in [-0.4, -0.2) is 54.9 Å². The van der Waals surface area contributed by atoms with E-state index in [-0.39, 0.29) is 17.2 Å². The molecule has 5 nitrogen and oxygen atoms in total. The normalized spacial score (nSPS) is 20.9. The first-order valence-electron chi connectivity index (χ1n) is 11.8. The summed E-state index contributed by atoms with van der Waals surface area (Å²) in [5.41, 5.74) is 1.40. The smallest absolute Gasteiger partial charge is 0.222 e. The molecule has 5 heteroatoms. The fraction of sp³-hybridized carbons (Fsp3) is 0.680. The van der Waals surface area contributed by atoms with Crippen LogP contribution in [0, 0.1) is 5.41 Å². The van der Waals surface area contributed by atoms with Crippen LogP contribution in [0.2, 0.25) is 0 Å². The molecule has 0 N–H and O–H groups in total. The van der Waals surface area contributed by atoms with E-state index < -0.39 is 0 Å². The molecule has 3 rings (SSSR count). The monoisotopic (exact) mass is 414 g/mol. The summed E-state index contributed by atoms with van der Waals surface area (Å²) < 4.78 is 5.97. The van der Waals surface area contributed by atoms with Crippen LogP contribution in [-0.2, 0) is 16.0 Å². The van der Waals surface area contributed by atoms with Crippen molar-refractivity contribution in [3.05, 3.63) is 29.8 Å². The molecular weight excluding hydrogens is 376 g/mol. The average molecular weight is 415 g/mol. The number of aryl methyl sites for hydroxylation is 1. The molecule has 0 aliphatic carbocycles. The van der Waals surface area contributed by atoms with Gasteiger partial charge >= 0.3 is 0 Å². The number of likely N-dealkylation sites (tertiary alicyclic amines) is 1. The van der Waals surface area contributed by atoms with Gasteiger partial charge in [0.25, 0.3) is 0 Å². The lowest BCUT2D eigenvalue weighted by Crippen LogP contribution is -2.48. The van der Waals surface area contributed by atoms with Gasteiger partial charge < -0.3 is 14.5 Å². The highest BCUT2D eigenvalue weighted by Crippen LogP contribution is 2.38. The highest BCUT2D eigenvalue weighted by molar-refractivity contribution is 5.76. The lowest BCUT2D eigenvalue weighted by atomic mass is 9.73. The summed E-state index contributed by atoms with van der Waals surface area (Å²) in [5.74, 6) is 1.45. The van der Waals surface area contributed by atoms with E-state index in [2.05, 4.69) is 19.1 Å². The molecule has 1 saturated heterocycles. The Morgan fingerprint density at radius 1 is 1.07 bits per heavy atom. The minimum Gasteiger partial charge on any atom is -0.493 e. The lowest BCUT2D eigenvalue weighted by Gasteiger charge is -2.44. The number of piperidine rings is 1.